The van der Waals surface area contributed by atoms with Crippen molar-refractivity contribution in [3.8, 4) is 5.75 Å². The molecule has 0 aliphatic heterocycles. The molecule has 0 heterocycles. The van der Waals surface area contributed by atoms with Crippen LogP contribution in [0.1, 0.15) is 5.56 Å². The smallest absolute Gasteiger partial charge is 0.119 e. The SMILES string of the molecule is COc1ccc2ccc(CCl)cc2c1. The van der Waals surface area contributed by atoms with Crippen LogP contribution in [0.3, 0.4) is 0 Å². The third-order valence-corrected chi connectivity index (χ3v) is 2.57. The van der Waals surface area contributed by atoms with Gasteiger partial charge in [0.1, 0.15) is 5.75 Å². The number of fused-ring (bicyclic) bond motifs is 1. The molecule has 0 unspecified atom stereocenters. The van der Waals surface area contributed by atoms with Gasteiger partial charge in [0, 0.05) is 5.88 Å². The fourth-order valence-electron chi connectivity index (χ4n) is 1.48. The number of hydrogen-bond acceptors (Lipinski definition) is 1. The van der Waals surface area contributed by atoms with Crippen LogP contribution >= 0.6 is 11.6 Å². The highest BCUT2D eigenvalue weighted by Gasteiger charge is 1.97. The second kappa shape index (κ2) is 3.89. The molecular formula is C12H11ClO. The van der Waals surface area contributed by atoms with Crippen LogP contribution in [-0.4, -0.2) is 7.11 Å². The van der Waals surface area contributed by atoms with Crippen molar-refractivity contribution in [3.05, 3.63) is 42.0 Å². The van der Waals surface area contributed by atoms with Crippen molar-refractivity contribution in [3.63, 3.8) is 0 Å². The molecule has 2 aromatic carbocycles. The fraction of sp³-hybridized carbons (Fsp3) is 0.167. The Morgan fingerprint density at radius 1 is 1.07 bits per heavy atom. The van der Waals surface area contributed by atoms with Crippen molar-refractivity contribution < 1.29 is 4.74 Å². The van der Waals surface area contributed by atoms with E-state index in [1.54, 1.807) is 7.11 Å². The molecule has 0 saturated heterocycles. The summed E-state index contributed by atoms with van der Waals surface area (Å²) in [5.74, 6) is 1.43. The maximum absolute atomic E-state index is 5.77. The third-order valence-electron chi connectivity index (χ3n) is 2.27. The molecule has 0 aliphatic rings. The van der Waals surface area contributed by atoms with Gasteiger partial charge in [-0.3, -0.25) is 0 Å². The Balaban J connectivity index is 2.60. The zero-order chi connectivity index (χ0) is 9.97. The Morgan fingerprint density at radius 3 is 2.57 bits per heavy atom. The monoisotopic (exact) mass is 206 g/mol. The summed E-state index contributed by atoms with van der Waals surface area (Å²) in [6.45, 7) is 0. The van der Waals surface area contributed by atoms with Gasteiger partial charge in [-0.2, -0.15) is 0 Å². The molecule has 2 aromatic rings. The average Bonchev–Trinajstić information content (AvgIpc) is 2.27. The molecule has 72 valence electrons. The minimum Gasteiger partial charge on any atom is -0.497 e. The molecule has 14 heavy (non-hydrogen) atoms. The highest BCUT2D eigenvalue weighted by Crippen LogP contribution is 2.22. The van der Waals surface area contributed by atoms with Gasteiger partial charge in [0.2, 0.25) is 0 Å². The molecule has 0 aromatic heterocycles. The number of ether oxygens (including phenoxy) is 1. The minimum atomic E-state index is 0.549. The van der Waals surface area contributed by atoms with Gasteiger partial charge in [-0.25, -0.2) is 0 Å². The summed E-state index contributed by atoms with van der Waals surface area (Å²) in [5, 5.41) is 2.38. The quantitative estimate of drug-likeness (QED) is 0.683. The predicted octanol–water partition coefficient (Wildman–Crippen LogP) is 3.59. The molecule has 2 heteroatoms. The Labute approximate surface area is 88.3 Å². The lowest BCUT2D eigenvalue weighted by Gasteiger charge is -2.03. The predicted molar refractivity (Wildman–Crippen MR) is 60.1 cm³/mol. The lowest BCUT2D eigenvalue weighted by Crippen LogP contribution is -1.83. The number of halogens is 1. The standard InChI is InChI=1S/C12H11ClO/c1-14-12-5-4-10-3-2-9(8-13)6-11(10)7-12/h2-7H,8H2,1H3. The van der Waals surface area contributed by atoms with Crippen LogP contribution < -0.4 is 4.74 Å². The first-order chi connectivity index (χ1) is 6.83. The molecule has 0 aliphatic carbocycles. The Hall–Kier alpha value is -1.21. The first-order valence-electron chi connectivity index (χ1n) is 4.46. The van der Waals surface area contributed by atoms with Crippen molar-refractivity contribution in [2.75, 3.05) is 7.11 Å². The number of rotatable bonds is 2. The van der Waals surface area contributed by atoms with Gasteiger partial charge in [0.25, 0.3) is 0 Å². The lowest BCUT2D eigenvalue weighted by atomic mass is 10.1. The van der Waals surface area contributed by atoms with E-state index in [1.165, 1.54) is 10.8 Å². The van der Waals surface area contributed by atoms with E-state index in [4.69, 9.17) is 16.3 Å². The van der Waals surface area contributed by atoms with Crippen LogP contribution in [0.2, 0.25) is 0 Å². The maximum Gasteiger partial charge on any atom is 0.119 e. The van der Waals surface area contributed by atoms with E-state index in [9.17, 15) is 0 Å². The largest absolute Gasteiger partial charge is 0.497 e. The van der Waals surface area contributed by atoms with Crippen molar-refractivity contribution in [2.45, 2.75) is 5.88 Å². The van der Waals surface area contributed by atoms with Crippen molar-refractivity contribution in [1.29, 1.82) is 0 Å². The summed E-state index contributed by atoms with van der Waals surface area (Å²) >= 11 is 5.77. The second-order valence-electron chi connectivity index (χ2n) is 3.18. The topological polar surface area (TPSA) is 9.23 Å². The number of benzene rings is 2. The zero-order valence-electron chi connectivity index (χ0n) is 7.96. The van der Waals surface area contributed by atoms with Crippen molar-refractivity contribution >= 4 is 22.4 Å². The van der Waals surface area contributed by atoms with E-state index >= 15 is 0 Å². The fourth-order valence-corrected chi connectivity index (χ4v) is 1.65. The molecule has 0 fully saturated rings. The Morgan fingerprint density at radius 2 is 1.86 bits per heavy atom. The van der Waals surface area contributed by atoms with Gasteiger partial charge in [0.15, 0.2) is 0 Å². The molecule has 0 N–H and O–H groups in total. The average molecular weight is 207 g/mol. The molecule has 2 rings (SSSR count). The summed E-state index contributed by atoms with van der Waals surface area (Å²) in [4.78, 5) is 0. The lowest BCUT2D eigenvalue weighted by molar-refractivity contribution is 0.415. The summed E-state index contributed by atoms with van der Waals surface area (Å²) in [5.41, 5.74) is 1.13. The van der Waals surface area contributed by atoms with Gasteiger partial charge in [0.05, 0.1) is 7.11 Å². The van der Waals surface area contributed by atoms with Crippen LogP contribution in [0.5, 0.6) is 5.75 Å². The minimum absolute atomic E-state index is 0.549. The van der Waals surface area contributed by atoms with Crippen LogP contribution in [0, 0.1) is 0 Å². The maximum atomic E-state index is 5.77. The number of methoxy groups -OCH3 is 1. The zero-order valence-corrected chi connectivity index (χ0v) is 8.71. The van der Waals surface area contributed by atoms with Gasteiger partial charge >= 0.3 is 0 Å². The van der Waals surface area contributed by atoms with Crippen molar-refractivity contribution in [2.24, 2.45) is 0 Å². The van der Waals surface area contributed by atoms with E-state index in [-0.39, 0.29) is 0 Å². The summed E-state index contributed by atoms with van der Waals surface area (Å²) in [7, 11) is 1.67. The summed E-state index contributed by atoms with van der Waals surface area (Å²) in [6.07, 6.45) is 0. The first kappa shape index (κ1) is 9.35. The van der Waals surface area contributed by atoms with E-state index in [1.807, 2.05) is 24.3 Å². The van der Waals surface area contributed by atoms with Gasteiger partial charge < -0.3 is 4.74 Å². The van der Waals surface area contributed by atoms with Gasteiger partial charge in [-0.15, -0.1) is 11.6 Å². The molecule has 0 spiro atoms. The Bertz CT molecular complexity index is 412. The van der Waals surface area contributed by atoms with Crippen LogP contribution in [0.15, 0.2) is 36.4 Å². The molecule has 0 bridgehead atoms. The Kier molecular flexibility index (Phi) is 2.60. The van der Waals surface area contributed by atoms with E-state index in [0.717, 1.165) is 11.3 Å². The van der Waals surface area contributed by atoms with Gasteiger partial charge in [-0.05, 0) is 34.5 Å². The molecule has 0 atom stereocenters. The van der Waals surface area contributed by atoms with Crippen LogP contribution in [0.25, 0.3) is 10.8 Å². The van der Waals surface area contributed by atoms with Gasteiger partial charge in [-0.1, -0.05) is 18.2 Å². The van der Waals surface area contributed by atoms with Crippen LogP contribution in [0.4, 0.5) is 0 Å². The molecule has 0 saturated carbocycles. The first-order valence-corrected chi connectivity index (χ1v) is 4.99. The number of hydrogen-bond donors (Lipinski definition) is 0. The molecular weight excluding hydrogens is 196 g/mol. The summed E-state index contributed by atoms with van der Waals surface area (Å²) < 4.78 is 5.16. The summed E-state index contributed by atoms with van der Waals surface area (Å²) in [6, 6.07) is 12.2. The molecule has 1 nitrogen and oxygen atoms in total. The highest BCUT2D eigenvalue weighted by molar-refractivity contribution is 6.17. The van der Waals surface area contributed by atoms with E-state index in [2.05, 4.69) is 12.1 Å². The molecule has 0 amide bonds. The second-order valence-corrected chi connectivity index (χ2v) is 3.45. The van der Waals surface area contributed by atoms with Crippen LogP contribution in [-0.2, 0) is 5.88 Å². The van der Waals surface area contributed by atoms with Crippen molar-refractivity contribution in [1.82, 2.24) is 0 Å². The number of alkyl halides is 1. The van der Waals surface area contributed by atoms with E-state index < -0.39 is 0 Å². The highest BCUT2D eigenvalue weighted by atomic mass is 35.5. The van der Waals surface area contributed by atoms with E-state index in [0.29, 0.717) is 5.88 Å². The normalized spacial score (nSPS) is 10.4. The molecule has 0 radical (unpaired) electrons. The third kappa shape index (κ3) is 1.68.